The van der Waals surface area contributed by atoms with Crippen LogP contribution in [0.3, 0.4) is 0 Å². The number of rotatable bonds is 3. The molecule has 0 unspecified atom stereocenters. The van der Waals surface area contributed by atoms with Gasteiger partial charge < -0.3 is 22.6 Å². The first-order chi connectivity index (χ1) is 9.65. The summed E-state index contributed by atoms with van der Waals surface area (Å²) in [6, 6.07) is 7.88. The summed E-state index contributed by atoms with van der Waals surface area (Å²) in [6.45, 7) is 2.55. The SMILES string of the molecule is Cc1c(O)c2ccccc2c2c1sc(NCCO)[n+]2C.[Cl-]. The van der Waals surface area contributed by atoms with Crippen molar-refractivity contribution in [1.82, 2.24) is 0 Å². The van der Waals surface area contributed by atoms with Crippen LogP contribution in [0.5, 0.6) is 5.75 Å². The Morgan fingerprint density at radius 3 is 2.57 bits per heavy atom. The van der Waals surface area contributed by atoms with E-state index in [4.69, 9.17) is 5.11 Å². The van der Waals surface area contributed by atoms with Crippen LogP contribution in [0, 0.1) is 6.92 Å². The van der Waals surface area contributed by atoms with Crippen molar-refractivity contribution in [2.75, 3.05) is 18.5 Å². The molecule has 0 radical (unpaired) electrons. The van der Waals surface area contributed by atoms with Gasteiger partial charge in [-0.05, 0) is 24.3 Å². The molecular weight excluding hydrogens is 308 g/mol. The lowest BCUT2D eigenvalue weighted by Gasteiger charge is -2.05. The predicted octanol–water partition coefficient (Wildman–Crippen LogP) is -0.699. The van der Waals surface area contributed by atoms with Crippen LogP contribution < -0.4 is 22.3 Å². The monoisotopic (exact) mass is 324 g/mol. The molecule has 0 bridgehead atoms. The van der Waals surface area contributed by atoms with Gasteiger partial charge >= 0.3 is 5.13 Å². The molecule has 0 aliphatic carbocycles. The van der Waals surface area contributed by atoms with E-state index in [1.807, 2.05) is 38.2 Å². The van der Waals surface area contributed by atoms with Crippen LogP contribution >= 0.6 is 11.3 Å². The molecule has 1 heterocycles. The fourth-order valence-corrected chi connectivity index (χ4v) is 3.74. The zero-order valence-electron chi connectivity index (χ0n) is 11.9. The Morgan fingerprint density at radius 1 is 1.24 bits per heavy atom. The molecular formula is C15H17ClN2O2S. The van der Waals surface area contributed by atoms with Crippen LogP contribution in [-0.2, 0) is 7.05 Å². The fraction of sp³-hybridized carbons (Fsp3) is 0.267. The number of hydrogen-bond acceptors (Lipinski definition) is 4. The summed E-state index contributed by atoms with van der Waals surface area (Å²) >= 11 is 1.60. The topological polar surface area (TPSA) is 56.4 Å². The smallest absolute Gasteiger partial charge is 0.334 e. The number of phenolic OH excluding ortho intramolecular Hbond substituents is 1. The third-order valence-corrected chi connectivity index (χ3v) is 4.89. The first-order valence-corrected chi connectivity index (χ1v) is 7.34. The first kappa shape index (κ1) is 15.8. The number of anilines is 1. The van der Waals surface area contributed by atoms with Gasteiger partial charge in [-0.3, -0.25) is 5.32 Å². The first-order valence-electron chi connectivity index (χ1n) is 6.52. The lowest BCUT2D eigenvalue weighted by Crippen LogP contribution is -3.00. The van der Waals surface area contributed by atoms with E-state index in [2.05, 4.69) is 9.88 Å². The standard InChI is InChI=1S/C15H16N2O2S.ClH/c1-9-13(19)11-6-4-3-5-10(11)12-14(9)20-15(17(12)2)16-7-8-18;/h3-6,18-19H,7-8H2,1-2H3;1H. The summed E-state index contributed by atoms with van der Waals surface area (Å²) in [6.07, 6.45) is 0. The van der Waals surface area contributed by atoms with Gasteiger partial charge in [0, 0.05) is 16.3 Å². The zero-order valence-corrected chi connectivity index (χ0v) is 13.4. The number of phenols is 1. The number of aromatic nitrogens is 1. The molecule has 0 fully saturated rings. The third-order valence-electron chi connectivity index (χ3n) is 3.57. The van der Waals surface area contributed by atoms with Crippen molar-refractivity contribution in [3.63, 3.8) is 0 Å². The van der Waals surface area contributed by atoms with Crippen LogP contribution in [0.15, 0.2) is 24.3 Å². The number of thiazole rings is 1. The quantitative estimate of drug-likeness (QED) is 0.559. The van der Waals surface area contributed by atoms with Crippen LogP contribution in [-0.4, -0.2) is 23.4 Å². The van der Waals surface area contributed by atoms with E-state index >= 15 is 0 Å². The minimum absolute atomic E-state index is 0. The van der Waals surface area contributed by atoms with E-state index in [-0.39, 0.29) is 19.0 Å². The van der Waals surface area contributed by atoms with Gasteiger partial charge in [0.05, 0.1) is 18.4 Å². The minimum Gasteiger partial charge on any atom is -1.00 e. The van der Waals surface area contributed by atoms with E-state index in [1.54, 1.807) is 11.3 Å². The number of halogens is 1. The predicted molar refractivity (Wildman–Crippen MR) is 82.5 cm³/mol. The van der Waals surface area contributed by atoms with Gasteiger partial charge in [-0.1, -0.05) is 18.2 Å². The Labute approximate surface area is 133 Å². The van der Waals surface area contributed by atoms with Crippen molar-refractivity contribution in [2.45, 2.75) is 6.92 Å². The Bertz CT molecular complexity index is 801. The largest absolute Gasteiger partial charge is 1.00 e. The molecule has 3 N–H and O–H groups in total. The highest BCUT2D eigenvalue weighted by molar-refractivity contribution is 7.22. The van der Waals surface area contributed by atoms with Gasteiger partial charge in [0.25, 0.3) is 0 Å². The van der Waals surface area contributed by atoms with Crippen molar-refractivity contribution < 1.29 is 27.2 Å². The molecule has 1 aromatic heterocycles. The molecule has 4 nitrogen and oxygen atoms in total. The molecule has 0 aliphatic rings. The van der Waals surface area contributed by atoms with Crippen molar-refractivity contribution in [3.05, 3.63) is 29.8 Å². The Balaban J connectivity index is 0.00000161. The number of nitrogens with one attached hydrogen (secondary N) is 1. The second-order valence-corrected chi connectivity index (χ2v) is 5.81. The maximum absolute atomic E-state index is 10.4. The van der Waals surface area contributed by atoms with Gasteiger partial charge in [0.2, 0.25) is 0 Å². The minimum atomic E-state index is 0. The van der Waals surface area contributed by atoms with Crippen molar-refractivity contribution in [2.24, 2.45) is 7.05 Å². The number of fused-ring (bicyclic) bond motifs is 3. The molecule has 6 heteroatoms. The maximum Gasteiger partial charge on any atom is 0.334 e. The van der Waals surface area contributed by atoms with E-state index in [9.17, 15) is 5.11 Å². The maximum atomic E-state index is 10.4. The molecule has 0 atom stereocenters. The highest BCUT2D eigenvalue weighted by Gasteiger charge is 2.21. The summed E-state index contributed by atoms with van der Waals surface area (Å²) in [4.78, 5) is 0. The number of benzene rings is 2. The lowest BCUT2D eigenvalue weighted by molar-refractivity contribution is -0.625. The van der Waals surface area contributed by atoms with Gasteiger partial charge in [0.1, 0.15) is 12.3 Å². The highest BCUT2D eigenvalue weighted by atomic mass is 35.5. The van der Waals surface area contributed by atoms with Crippen molar-refractivity contribution in [3.8, 4) is 5.75 Å². The van der Waals surface area contributed by atoms with Crippen molar-refractivity contribution >= 4 is 37.5 Å². The number of aliphatic hydroxyl groups excluding tert-OH is 1. The summed E-state index contributed by atoms with van der Waals surface area (Å²) in [7, 11) is 2.00. The number of nitrogens with zero attached hydrogens (tertiary/aromatic N) is 1. The van der Waals surface area contributed by atoms with Gasteiger partial charge in [-0.15, -0.1) is 0 Å². The molecule has 3 aromatic rings. The molecule has 0 saturated heterocycles. The van der Waals surface area contributed by atoms with Crippen LogP contribution in [0.4, 0.5) is 5.13 Å². The zero-order chi connectivity index (χ0) is 14.3. The number of hydrogen-bond donors (Lipinski definition) is 3. The Hall–Kier alpha value is -1.56. The second kappa shape index (κ2) is 6.05. The summed E-state index contributed by atoms with van der Waals surface area (Å²) in [5, 5.41) is 25.4. The average molecular weight is 325 g/mol. The summed E-state index contributed by atoms with van der Waals surface area (Å²) in [5.74, 6) is 0.351. The van der Waals surface area contributed by atoms with Crippen molar-refractivity contribution in [1.29, 1.82) is 0 Å². The van der Waals surface area contributed by atoms with E-state index in [1.165, 1.54) is 0 Å². The Kier molecular flexibility index (Phi) is 4.56. The second-order valence-electron chi connectivity index (χ2n) is 4.81. The van der Waals surface area contributed by atoms with Gasteiger partial charge in [-0.2, -0.15) is 0 Å². The van der Waals surface area contributed by atoms with E-state index in [0.29, 0.717) is 12.3 Å². The summed E-state index contributed by atoms with van der Waals surface area (Å²) in [5.41, 5.74) is 2.01. The Morgan fingerprint density at radius 2 is 1.90 bits per heavy atom. The molecule has 0 aliphatic heterocycles. The molecule has 0 saturated carbocycles. The molecule has 0 spiro atoms. The average Bonchev–Trinajstić information content (AvgIpc) is 2.80. The van der Waals surface area contributed by atoms with Crippen LogP contribution in [0.2, 0.25) is 0 Å². The molecule has 0 amide bonds. The number of aliphatic hydroxyl groups is 1. The lowest BCUT2D eigenvalue weighted by atomic mass is 10.0. The van der Waals surface area contributed by atoms with Gasteiger partial charge in [-0.25, -0.2) is 4.57 Å². The van der Waals surface area contributed by atoms with E-state index < -0.39 is 0 Å². The normalized spacial score (nSPS) is 10.8. The molecule has 2 aromatic carbocycles. The third kappa shape index (κ3) is 2.41. The van der Waals surface area contributed by atoms with Crippen LogP contribution in [0.25, 0.3) is 21.0 Å². The number of aromatic hydroxyl groups is 1. The molecule has 21 heavy (non-hydrogen) atoms. The molecule has 112 valence electrons. The van der Waals surface area contributed by atoms with Crippen LogP contribution in [0.1, 0.15) is 5.56 Å². The van der Waals surface area contributed by atoms with Gasteiger partial charge in [0.15, 0.2) is 5.52 Å². The highest BCUT2D eigenvalue weighted by Crippen LogP contribution is 2.39. The fourth-order valence-electron chi connectivity index (χ4n) is 2.55. The van der Waals surface area contributed by atoms with E-state index in [0.717, 1.165) is 31.7 Å². The summed E-state index contributed by atoms with van der Waals surface area (Å²) < 4.78 is 3.16. The molecule has 3 rings (SSSR count). The number of aryl methyl sites for hydroxylation is 2.